The summed E-state index contributed by atoms with van der Waals surface area (Å²) in [5, 5.41) is -0.399. The Morgan fingerprint density at radius 2 is 2.27 bits per heavy atom. The monoisotopic (exact) mass is 226 g/mol. The van der Waals surface area contributed by atoms with Crippen molar-refractivity contribution < 1.29 is 8.42 Å². The summed E-state index contributed by atoms with van der Waals surface area (Å²) in [6.45, 7) is 0.435. The molecule has 2 N–H and O–H groups in total. The number of aromatic nitrogens is 1. The van der Waals surface area contributed by atoms with Crippen LogP contribution < -0.4 is 5.73 Å². The third kappa shape index (κ3) is 2.03. The van der Waals surface area contributed by atoms with Crippen molar-refractivity contribution in [3.05, 3.63) is 29.6 Å². The van der Waals surface area contributed by atoms with Crippen LogP contribution in [0.15, 0.2) is 18.3 Å². The van der Waals surface area contributed by atoms with Crippen LogP contribution >= 0.6 is 0 Å². The lowest BCUT2D eigenvalue weighted by atomic mass is 10.1. The van der Waals surface area contributed by atoms with Crippen LogP contribution in [0.4, 0.5) is 0 Å². The number of nitrogens with two attached hydrogens (primary N) is 1. The third-order valence-corrected chi connectivity index (χ3v) is 4.94. The van der Waals surface area contributed by atoms with Crippen molar-refractivity contribution >= 4 is 9.84 Å². The molecule has 0 amide bonds. The van der Waals surface area contributed by atoms with Crippen LogP contribution in [0.3, 0.4) is 0 Å². The molecule has 4 nitrogen and oxygen atoms in total. The maximum Gasteiger partial charge on any atom is 0.158 e. The SMILES string of the molecule is NCc1ccc(C2CCCS2(=O)=O)nc1. The van der Waals surface area contributed by atoms with Crippen molar-refractivity contribution in [2.45, 2.75) is 24.6 Å². The molecule has 82 valence electrons. The number of hydrogen-bond acceptors (Lipinski definition) is 4. The van der Waals surface area contributed by atoms with Gasteiger partial charge in [0.05, 0.1) is 11.4 Å². The van der Waals surface area contributed by atoms with Gasteiger partial charge in [-0.1, -0.05) is 6.07 Å². The van der Waals surface area contributed by atoms with Crippen molar-refractivity contribution in [3.63, 3.8) is 0 Å². The maximum atomic E-state index is 11.7. The van der Waals surface area contributed by atoms with Crippen LogP contribution in [-0.4, -0.2) is 19.2 Å². The number of hydrogen-bond donors (Lipinski definition) is 1. The van der Waals surface area contributed by atoms with E-state index >= 15 is 0 Å². The average molecular weight is 226 g/mol. The Hall–Kier alpha value is -0.940. The van der Waals surface area contributed by atoms with E-state index < -0.39 is 15.1 Å². The van der Waals surface area contributed by atoms with Crippen LogP contribution in [0.2, 0.25) is 0 Å². The predicted molar refractivity (Wildman–Crippen MR) is 57.9 cm³/mol. The number of rotatable bonds is 2. The Kier molecular flexibility index (Phi) is 2.75. The van der Waals surface area contributed by atoms with Crippen LogP contribution in [0, 0.1) is 0 Å². The Balaban J connectivity index is 2.30. The van der Waals surface area contributed by atoms with Crippen molar-refractivity contribution in [2.24, 2.45) is 5.73 Å². The van der Waals surface area contributed by atoms with E-state index in [2.05, 4.69) is 4.98 Å². The smallest absolute Gasteiger partial charge is 0.158 e. The second kappa shape index (κ2) is 3.90. The van der Waals surface area contributed by atoms with Gasteiger partial charge >= 0.3 is 0 Å². The van der Waals surface area contributed by atoms with Gasteiger partial charge in [0, 0.05) is 12.7 Å². The first-order valence-corrected chi connectivity index (χ1v) is 6.71. The molecule has 0 aliphatic carbocycles. The fraction of sp³-hybridized carbons (Fsp3) is 0.500. The van der Waals surface area contributed by atoms with Crippen molar-refractivity contribution in [3.8, 4) is 0 Å². The van der Waals surface area contributed by atoms with Crippen LogP contribution in [0.1, 0.15) is 29.3 Å². The summed E-state index contributed by atoms with van der Waals surface area (Å²) >= 11 is 0. The molecule has 2 heterocycles. The van der Waals surface area contributed by atoms with E-state index in [0.717, 1.165) is 12.0 Å². The predicted octanol–water partition coefficient (Wildman–Crippen LogP) is 0.790. The van der Waals surface area contributed by atoms with Crippen LogP contribution in [-0.2, 0) is 16.4 Å². The zero-order chi connectivity index (χ0) is 10.9. The lowest BCUT2D eigenvalue weighted by Gasteiger charge is -2.08. The fourth-order valence-electron chi connectivity index (χ4n) is 1.87. The average Bonchev–Trinajstić information content (AvgIpc) is 2.58. The first-order valence-electron chi connectivity index (χ1n) is 5.00. The van der Waals surface area contributed by atoms with Crippen LogP contribution in [0.25, 0.3) is 0 Å². The van der Waals surface area contributed by atoms with Crippen LogP contribution in [0.5, 0.6) is 0 Å². The van der Waals surface area contributed by atoms with Gasteiger partial charge in [-0.05, 0) is 24.5 Å². The Labute approximate surface area is 89.4 Å². The lowest BCUT2D eigenvalue weighted by Crippen LogP contribution is -2.10. The molecule has 1 unspecified atom stereocenters. The highest BCUT2D eigenvalue weighted by Crippen LogP contribution is 2.33. The number of nitrogens with zero attached hydrogens (tertiary/aromatic N) is 1. The quantitative estimate of drug-likeness (QED) is 0.809. The van der Waals surface area contributed by atoms with Gasteiger partial charge in [-0.2, -0.15) is 0 Å². The molecule has 2 rings (SSSR count). The molecule has 1 aliphatic heterocycles. The second-order valence-electron chi connectivity index (χ2n) is 3.79. The minimum Gasteiger partial charge on any atom is -0.326 e. The highest BCUT2D eigenvalue weighted by atomic mass is 32.2. The highest BCUT2D eigenvalue weighted by molar-refractivity contribution is 7.91. The van der Waals surface area contributed by atoms with E-state index in [9.17, 15) is 8.42 Å². The first kappa shape index (κ1) is 10.6. The summed E-state index contributed by atoms with van der Waals surface area (Å²) in [7, 11) is -2.95. The zero-order valence-electron chi connectivity index (χ0n) is 8.39. The molecule has 0 spiro atoms. The molecule has 0 aromatic carbocycles. The van der Waals surface area contributed by atoms with E-state index in [1.807, 2.05) is 6.07 Å². The summed E-state index contributed by atoms with van der Waals surface area (Å²) in [5.74, 6) is 0.290. The molecule has 1 aliphatic rings. The van der Waals surface area contributed by atoms with Gasteiger partial charge < -0.3 is 5.73 Å². The largest absolute Gasteiger partial charge is 0.326 e. The maximum absolute atomic E-state index is 11.7. The van der Waals surface area contributed by atoms with E-state index in [-0.39, 0.29) is 5.75 Å². The third-order valence-electron chi connectivity index (χ3n) is 2.74. The van der Waals surface area contributed by atoms with Gasteiger partial charge in [-0.25, -0.2) is 8.42 Å². The molecule has 1 fully saturated rings. The van der Waals surface area contributed by atoms with Crippen molar-refractivity contribution in [1.29, 1.82) is 0 Å². The summed E-state index contributed by atoms with van der Waals surface area (Å²) < 4.78 is 23.3. The summed E-state index contributed by atoms with van der Waals surface area (Å²) in [4.78, 5) is 4.17. The minimum atomic E-state index is -2.95. The molecule has 5 heteroatoms. The van der Waals surface area contributed by atoms with Gasteiger partial charge in [-0.3, -0.25) is 4.98 Å². The molecule has 0 bridgehead atoms. The Morgan fingerprint density at radius 3 is 2.73 bits per heavy atom. The van der Waals surface area contributed by atoms with E-state index in [1.54, 1.807) is 12.3 Å². The van der Waals surface area contributed by atoms with E-state index in [4.69, 9.17) is 5.73 Å². The van der Waals surface area contributed by atoms with Crippen molar-refractivity contribution in [2.75, 3.05) is 5.75 Å². The fourth-order valence-corrected chi connectivity index (χ4v) is 3.76. The zero-order valence-corrected chi connectivity index (χ0v) is 9.20. The van der Waals surface area contributed by atoms with Gasteiger partial charge in [-0.15, -0.1) is 0 Å². The molecule has 15 heavy (non-hydrogen) atoms. The summed E-state index contributed by atoms with van der Waals surface area (Å²) in [6.07, 6.45) is 3.09. The number of sulfone groups is 1. The molecular weight excluding hydrogens is 212 g/mol. The topological polar surface area (TPSA) is 73.1 Å². The molecule has 0 saturated carbocycles. The second-order valence-corrected chi connectivity index (χ2v) is 6.10. The Morgan fingerprint density at radius 1 is 1.47 bits per heavy atom. The molecule has 0 radical (unpaired) electrons. The van der Waals surface area contributed by atoms with Gasteiger partial charge in [0.2, 0.25) is 0 Å². The molecule has 1 atom stereocenters. The lowest BCUT2D eigenvalue weighted by molar-refractivity contribution is 0.590. The van der Waals surface area contributed by atoms with E-state index in [0.29, 0.717) is 18.7 Å². The summed E-state index contributed by atoms with van der Waals surface area (Å²) in [5.41, 5.74) is 7.03. The van der Waals surface area contributed by atoms with Gasteiger partial charge in [0.25, 0.3) is 0 Å². The standard InChI is InChI=1S/C10H14N2O2S/c11-6-8-3-4-9(12-7-8)10-2-1-5-15(10,13)14/h3-4,7,10H,1-2,5-6,11H2. The molecule has 1 saturated heterocycles. The Bertz CT molecular complexity index is 439. The molecular formula is C10H14N2O2S. The van der Waals surface area contributed by atoms with Crippen molar-refractivity contribution in [1.82, 2.24) is 4.98 Å². The van der Waals surface area contributed by atoms with Gasteiger partial charge in [0.1, 0.15) is 5.25 Å². The number of pyridine rings is 1. The molecule has 1 aromatic heterocycles. The van der Waals surface area contributed by atoms with E-state index in [1.165, 1.54) is 0 Å². The highest BCUT2D eigenvalue weighted by Gasteiger charge is 2.33. The first-order chi connectivity index (χ1) is 7.13. The normalized spacial score (nSPS) is 24.2. The van der Waals surface area contributed by atoms with Gasteiger partial charge in [0.15, 0.2) is 9.84 Å². The minimum absolute atomic E-state index is 0.290. The summed E-state index contributed by atoms with van der Waals surface area (Å²) in [6, 6.07) is 3.62. The molecule has 1 aromatic rings.